The van der Waals surface area contributed by atoms with Crippen molar-refractivity contribution >= 4 is 28.4 Å². The van der Waals surface area contributed by atoms with Gasteiger partial charge in [-0.1, -0.05) is 0 Å². The van der Waals surface area contributed by atoms with E-state index in [2.05, 4.69) is 40.0 Å². The van der Waals surface area contributed by atoms with Crippen molar-refractivity contribution < 1.29 is 8.96 Å². The largest absolute Gasteiger partial charge is 0.366 e. The van der Waals surface area contributed by atoms with Gasteiger partial charge in [0.2, 0.25) is 0 Å². The van der Waals surface area contributed by atoms with Crippen LogP contribution in [-0.2, 0) is 13.1 Å². The van der Waals surface area contributed by atoms with Gasteiger partial charge in [0.25, 0.3) is 5.82 Å². The highest BCUT2D eigenvalue weighted by Crippen LogP contribution is 2.31. The number of aryl methyl sites for hydroxylation is 2. The molecule has 0 unspecified atom stereocenters. The van der Waals surface area contributed by atoms with Crippen LogP contribution in [0.25, 0.3) is 16.6 Å². The molecule has 0 spiro atoms. The maximum atomic E-state index is 14.3. The van der Waals surface area contributed by atoms with E-state index >= 15 is 0 Å². The van der Waals surface area contributed by atoms with Gasteiger partial charge in [0, 0.05) is 36.5 Å². The molecule has 0 bridgehead atoms. The smallest absolute Gasteiger partial charge is 0.285 e. The molecule has 0 N–H and O–H groups in total. The minimum absolute atomic E-state index is 0.116. The Hall–Kier alpha value is -2.26. The number of benzene rings is 1. The lowest BCUT2D eigenvalue weighted by Crippen LogP contribution is -2.40. The zero-order valence-electron chi connectivity index (χ0n) is 15.8. The molecule has 2 aliphatic rings. The molecule has 1 saturated heterocycles. The topological polar surface area (TPSA) is 35.8 Å². The molecule has 2 aliphatic heterocycles. The molecule has 0 atom stereocenters. The van der Waals surface area contributed by atoms with Gasteiger partial charge in [0.1, 0.15) is 11.9 Å². The first kappa shape index (κ1) is 18.1. The summed E-state index contributed by atoms with van der Waals surface area (Å²) < 4.78 is 18.7. The Balaban J connectivity index is 1.87. The van der Waals surface area contributed by atoms with Gasteiger partial charge < -0.3 is 4.90 Å². The number of aromatic nitrogens is 2. The van der Waals surface area contributed by atoms with E-state index in [4.69, 9.17) is 0 Å². The van der Waals surface area contributed by atoms with Crippen molar-refractivity contribution in [3.63, 3.8) is 0 Å². The minimum Gasteiger partial charge on any atom is -0.366 e. The molecule has 4 nitrogen and oxygen atoms in total. The van der Waals surface area contributed by atoms with Crippen LogP contribution in [0.2, 0.25) is 0 Å². The lowest BCUT2D eigenvalue weighted by atomic mass is 10.1. The first-order valence-corrected chi connectivity index (χ1v) is 10.6. The van der Waals surface area contributed by atoms with Crippen molar-refractivity contribution in [2.45, 2.75) is 39.8 Å². The lowest BCUT2D eigenvalue weighted by Gasteiger charge is -2.16. The predicted molar refractivity (Wildman–Crippen MR) is 107 cm³/mol. The standard InChI is InChI=1S/C21H24FN4S/c1-3-24-10-11-27-20(24)8-7-15-6-5-9-26-18-12-16(14-23)17(22)13-19(18)25(4-2)21(15)26/h7-8,12-13H,3-6,9-11H2,1-2H3/q+1. The molecule has 0 radical (unpaired) electrons. The SMILES string of the molecule is CCN1CCSC1=CC=C1CCC[n+]2c1n(CC)c1cc(F)c(C#N)cc12. The summed E-state index contributed by atoms with van der Waals surface area (Å²) >= 11 is 1.91. The Morgan fingerprint density at radius 1 is 1.30 bits per heavy atom. The summed E-state index contributed by atoms with van der Waals surface area (Å²) in [7, 11) is 0. The van der Waals surface area contributed by atoms with Crippen LogP contribution in [0.3, 0.4) is 0 Å². The quantitative estimate of drug-likeness (QED) is 0.751. The van der Waals surface area contributed by atoms with Crippen molar-refractivity contribution in [1.29, 1.82) is 5.26 Å². The number of fused-ring (bicyclic) bond motifs is 3. The van der Waals surface area contributed by atoms with Crippen LogP contribution >= 0.6 is 11.8 Å². The molecule has 2 aromatic rings. The molecule has 0 saturated carbocycles. The van der Waals surface area contributed by atoms with Crippen molar-refractivity contribution in [2.75, 3.05) is 18.8 Å². The van der Waals surface area contributed by atoms with Gasteiger partial charge in [-0.25, -0.2) is 13.5 Å². The van der Waals surface area contributed by atoms with Gasteiger partial charge >= 0.3 is 0 Å². The summed E-state index contributed by atoms with van der Waals surface area (Å²) in [6, 6.07) is 5.20. The molecule has 1 fully saturated rings. The Bertz CT molecular complexity index is 996. The molecule has 4 rings (SSSR count). The summed E-state index contributed by atoms with van der Waals surface area (Å²) in [5.74, 6) is 1.86. The molecular formula is C21H24FN4S+. The van der Waals surface area contributed by atoms with Crippen LogP contribution in [0, 0.1) is 17.1 Å². The number of imidazole rings is 1. The Morgan fingerprint density at radius 2 is 2.15 bits per heavy atom. The second-order valence-electron chi connectivity index (χ2n) is 6.88. The monoisotopic (exact) mass is 383 g/mol. The third-order valence-corrected chi connectivity index (χ3v) is 6.52. The van der Waals surface area contributed by atoms with Gasteiger partial charge in [-0.3, -0.25) is 0 Å². The zero-order chi connectivity index (χ0) is 19.0. The van der Waals surface area contributed by atoms with Crippen molar-refractivity contribution in [3.8, 4) is 6.07 Å². The molecule has 6 heteroatoms. The Labute approximate surface area is 163 Å². The molecule has 27 heavy (non-hydrogen) atoms. The number of allylic oxidation sites excluding steroid dienone is 3. The van der Waals surface area contributed by atoms with Crippen molar-refractivity contribution in [1.82, 2.24) is 9.47 Å². The van der Waals surface area contributed by atoms with E-state index in [1.54, 1.807) is 6.07 Å². The third kappa shape index (κ3) is 3.04. The highest BCUT2D eigenvalue weighted by atomic mass is 32.2. The van der Waals surface area contributed by atoms with Gasteiger partial charge in [0.15, 0.2) is 11.0 Å². The fourth-order valence-corrected chi connectivity index (χ4v) is 5.22. The van der Waals surface area contributed by atoms with E-state index in [1.165, 1.54) is 16.7 Å². The highest BCUT2D eigenvalue weighted by molar-refractivity contribution is 8.03. The average Bonchev–Trinajstić information content (AvgIpc) is 3.27. The van der Waals surface area contributed by atoms with E-state index in [0.717, 1.165) is 61.6 Å². The van der Waals surface area contributed by atoms with E-state index in [-0.39, 0.29) is 5.56 Å². The maximum Gasteiger partial charge on any atom is 0.285 e. The molecular weight excluding hydrogens is 359 g/mol. The number of hydrogen-bond donors (Lipinski definition) is 0. The maximum absolute atomic E-state index is 14.3. The van der Waals surface area contributed by atoms with Crippen LogP contribution in [-0.4, -0.2) is 28.3 Å². The summed E-state index contributed by atoms with van der Waals surface area (Å²) in [4.78, 5) is 2.41. The number of nitrogens with zero attached hydrogens (tertiary/aromatic N) is 4. The van der Waals surface area contributed by atoms with Gasteiger partial charge in [-0.15, -0.1) is 11.8 Å². The summed E-state index contributed by atoms with van der Waals surface area (Å²) in [6.45, 7) is 8.10. The van der Waals surface area contributed by atoms with Crippen molar-refractivity contribution in [3.05, 3.63) is 46.5 Å². The van der Waals surface area contributed by atoms with Crippen LogP contribution in [0.4, 0.5) is 4.39 Å². The molecule has 3 heterocycles. The lowest BCUT2D eigenvalue weighted by molar-refractivity contribution is -0.678. The van der Waals surface area contributed by atoms with E-state index in [0.29, 0.717) is 0 Å². The number of nitriles is 1. The average molecular weight is 384 g/mol. The van der Waals surface area contributed by atoms with E-state index in [9.17, 15) is 9.65 Å². The Kier molecular flexibility index (Phi) is 4.96. The first-order valence-electron chi connectivity index (χ1n) is 9.62. The van der Waals surface area contributed by atoms with E-state index < -0.39 is 5.82 Å². The minimum atomic E-state index is -0.441. The number of halogens is 1. The van der Waals surface area contributed by atoms with Gasteiger partial charge in [-0.05, 0) is 38.8 Å². The van der Waals surface area contributed by atoms with Crippen LogP contribution in [0.1, 0.15) is 38.1 Å². The molecule has 1 aromatic heterocycles. The normalized spacial score (nSPS) is 19.9. The molecule has 1 aromatic carbocycles. The fourth-order valence-electron chi connectivity index (χ4n) is 4.13. The van der Waals surface area contributed by atoms with Crippen LogP contribution in [0.5, 0.6) is 0 Å². The zero-order valence-corrected chi connectivity index (χ0v) is 16.7. The van der Waals surface area contributed by atoms with Crippen LogP contribution < -0.4 is 4.57 Å². The highest BCUT2D eigenvalue weighted by Gasteiger charge is 2.31. The molecule has 0 aliphatic carbocycles. The number of rotatable bonds is 3. The van der Waals surface area contributed by atoms with Gasteiger partial charge in [-0.2, -0.15) is 5.26 Å². The summed E-state index contributed by atoms with van der Waals surface area (Å²) in [5, 5.41) is 10.6. The Morgan fingerprint density at radius 3 is 2.89 bits per heavy atom. The molecule has 140 valence electrons. The predicted octanol–water partition coefficient (Wildman–Crippen LogP) is 4.05. The summed E-state index contributed by atoms with van der Waals surface area (Å²) in [6.07, 6.45) is 6.56. The first-order chi connectivity index (χ1) is 13.2. The number of thioether (sulfide) groups is 1. The van der Waals surface area contributed by atoms with Gasteiger partial charge in [0.05, 0.1) is 23.7 Å². The fraction of sp³-hybridized carbons (Fsp3) is 0.429. The number of hydrogen-bond acceptors (Lipinski definition) is 3. The second kappa shape index (κ2) is 7.40. The van der Waals surface area contributed by atoms with Crippen molar-refractivity contribution in [2.24, 2.45) is 0 Å². The summed E-state index contributed by atoms with van der Waals surface area (Å²) in [5.41, 5.74) is 3.22. The van der Waals surface area contributed by atoms with Crippen LogP contribution in [0.15, 0.2) is 29.3 Å². The van der Waals surface area contributed by atoms with E-state index in [1.807, 2.05) is 17.8 Å². The second-order valence-corrected chi connectivity index (χ2v) is 8.00. The third-order valence-electron chi connectivity index (χ3n) is 5.44. The molecule has 0 amide bonds.